The van der Waals surface area contributed by atoms with Gasteiger partial charge in [-0.3, -0.25) is 14.4 Å². The molecular formula is C16H21BrN2O4. The van der Waals surface area contributed by atoms with Crippen LogP contribution in [0.15, 0.2) is 28.7 Å². The van der Waals surface area contributed by atoms with Crippen LogP contribution in [0.3, 0.4) is 0 Å². The van der Waals surface area contributed by atoms with Gasteiger partial charge >= 0.3 is 5.97 Å². The highest BCUT2D eigenvalue weighted by Gasteiger charge is 2.22. The normalized spacial score (nSPS) is 13.0. The smallest absolute Gasteiger partial charge is 0.308 e. The van der Waals surface area contributed by atoms with Crippen molar-refractivity contribution in [3.63, 3.8) is 0 Å². The summed E-state index contributed by atoms with van der Waals surface area (Å²) >= 11 is 3.34. The van der Waals surface area contributed by atoms with E-state index in [2.05, 4.69) is 21.2 Å². The molecule has 0 aliphatic rings. The Balaban J connectivity index is 2.80. The van der Waals surface area contributed by atoms with Crippen LogP contribution < -0.4 is 5.32 Å². The molecule has 2 N–H and O–H groups in total. The van der Waals surface area contributed by atoms with Crippen LogP contribution in [0.5, 0.6) is 0 Å². The molecule has 0 saturated heterocycles. The summed E-state index contributed by atoms with van der Waals surface area (Å²) in [5.41, 5.74) is 0.816. The number of halogens is 1. The maximum atomic E-state index is 12.3. The first kappa shape index (κ1) is 19.2. The molecule has 0 radical (unpaired) electrons. The van der Waals surface area contributed by atoms with Gasteiger partial charge in [-0.2, -0.15) is 0 Å². The third-order valence-corrected chi connectivity index (χ3v) is 3.95. The first-order valence-corrected chi connectivity index (χ1v) is 7.99. The number of carboxylic acid groups (broad SMARTS) is 1. The number of hydrogen-bond acceptors (Lipinski definition) is 3. The Labute approximate surface area is 144 Å². The van der Waals surface area contributed by atoms with Crippen LogP contribution in [0.4, 0.5) is 0 Å². The van der Waals surface area contributed by atoms with E-state index in [1.54, 1.807) is 14.0 Å². The number of carbonyl (C=O) groups is 3. The van der Waals surface area contributed by atoms with Gasteiger partial charge in [0, 0.05) is 25.0 Å². The second kappa shape index (κ2) is 8.67. The van der Waals surface area contributed by atoms with Crippen molar-refractivity contribution in [3.05, 3.63) is 34.3 Å². The van der Waals surface area contributed by atoms with Crippen molar-refractivity contribution in [1.29, 1.82) is 0 Å². The summed E-state index contributed by atoms with van der Waals surface area (Å²) in [6, 6.07) is 6.89. The van der Waals surface area contributed by atoms with Crippen molar-refractivity contribution in [1.82, 2.24) is 10.2 Å². The molecule has 0 aromatic heterocycles. The summed E-state index contributed by atoms with van der Waals surface area (Å²) in [7, 11) is 1.56. The average molecular weight is 385 g/mol. The fourth-order valence-electron chi connectivity index (χ4n) is 2.11. The van der Waals surface area contributed by atoms with E-state index in [4.69, 9.17) is 5.11 Å². The number of hydrogen-bond donors (Lipinski definition) is 2. The highest BCUT2D eigenvalue weighted by atomic mass is 79.9. The first-order chi connectivity index (χ1) is 10.7. The second-order valence-corrected chi connectivity index (χ2v) is 6.44. The molecule has 7 heteroatoms. The monoisotopic (exact) mass is 384 g/mol. The van der Waals surface area contributed by atoms with Crippen molar-refractivity contribution in [2.24, 2.45) is 5.92 Å². The van der Waals surface area contributed by atoms with Crippen LogP contribution in [0, 0.1) is 5.92 Å². The number of rotatable bonds is 7. The Bertz CT molecular complexity index is 574. The molecule has 2 amide bonds. The molecule has 1 aromatic rings. The third-order valence-electron chi connectivity index (χ3n) is 3.42. The van der Waals surface area contributed by atoms with E-state index >= 15 is 0 Å². The quantitative estimate of drug-likeness (QED) is 0.754. The zero-order valence-electron chi connectivity index (χ0n) is 13.4. The lowest BCUT2D eigenvalue weighted by Gasteiger charge is -2.23. The average Bonchev–Trinajstić information content (AvgIpc) is 2.46. The minimum absolute atomic E-state index is 0.0735. The topological polar surface area (TPSA) is 86.7 Å². The molecule has 2 atom stereocenters. The van der Waals surface area contributed by atoms with Crippen LogP contribution in [0.2, 0.25) is 0 Å². The summed E-state index contributed by atoms with van der Waals surface area (Å²) in [6.07, 6.45) is 0.0735. The van der Waals surface area contributed by atoms with E-state index in [1.165, 1.54) is 11.8 Å². The molecule has 0 aliphatic carbocycles. The van der Waals surface area contributed by atoms with Gasteiger partial charge in [-0.1, -0.05) is 35.0 Å². The summed E-state index contributed by atoms with van der Waals surface area (Å²) < 4.78 is 0.904. The van der Waals surface area contributed by atoms with Crippen molar-refractivity contribution in [2.45, 2.75) is 26.3 Å². The lowest BCUT2D eigenvalue weighted by atomic mass is 10.0. The predicted octanol–water partition coefficient (Wildman–Crippen LogP) is 2.20. The van der Waals surface area contributed by atoms with Gasteiger partial charge < -0.3 is 15.3 Å². The Morgan fingerprint density at radius 1 is 1.26 bits per heavy atom. The lowest BCUT2D eigenvalue weighted by Crippen LogP contribution is -2.37. The molecule has 1 aromatic carbocycles. The Morgan fingerprint density at radius 2 is 1.83 bits per heavy atom. The number of carboxylic acids is 1. The fraction of sp³-hybridized carbons (Fsp3) is 0.438. The minimum Gasteiger partial charge on any atom is -0.481 e. The molecule has 0 saturated carbocycles. The van der Waals surface area contributed by atoms with Crippen LogP contribution in [0.1, 0.15) is 31.9 Å². The minimum atomic E-state index is -0.948. The number of carbonyl (C=O) groups excluding carboxylic acids is 2. The van der Waals surface area contributed by atoms with Gasteiger partial charge in [-0.05, 0) is 17.7 Å². The number of aliphatic carboxylic acids is 1. The van der Waals surface area contributed by atoms with E-state index in [0.717, 1.165) is 10.0 Å². The molecule has 0 heterocycles. The van der Waals surface area contributed by atoms with E-state index in [0.29, 0.717) is 0 Å². The SMILES string of the molecule is CC(=O)NC(CC(=O)N(C)CC(C)C(=O)O)c1ccc(Br)cc1. The van der Waals surface area contributed by atoms with Crippen molar-refractivity contribution >= 4 is 33.7 Å². The molecule has 0 spiro atoms. The zero-order valence-corrected chi connectivity index (χ0v) is 15.0. The number of benzene rings is 1. The molecule has 0 fully saturated rings. The number of nitrogens with zero attached hydrogens (tertiary/aromatic N) is 1. The summed E-state index contributed by atoms with van der Waals surface area (Å²) in [5, 5.41) is 11.7. The van der Waals surface area contributed by atoms with Gasteiger partial charge in [-0.25, -0.2) is 0 Å². The van der Waals surface area contributed by atoms with E-state index in [1.807, 2.05) is 24.3 Å². The second-order valence-electron chi connectivity index (χ2n) is 5.52. The van der Waals surface area contributed by atoms with Gasteiger partial charge in [0.1, 0.15) is 0 Å². The van der Waals surface area contributed by atoms with Crippen LogP contribution in [-0.4, -0.2) is 41.4 Å². The first-order valence-electron chi connectivity index (χ1n) is 7.20. The summed E-state index contributed by atoms with van der Waals surface area (Å²) in [5.74, 6) is -2.04. The largest absolute Gasteiger partial charge is 0.481 e. The van der Waals surface area contributed by atoms with E-state index in [-0.39, 0.29) is 24.8 Å². The number of amides is 2. The Hall–Kier alpha value is -1.89. The molecule has 2 unspecified atom stereocenters. The van der Waals surface area contributed by atoms with Crippen LogP contribution in [0.25, 0.3) is 0 Å². The van der Waals surface area contributed by atoms with E-state index < -0.39 is 17.9 Å². The van der Waals surface area contributed by atoms with Crippen LogP contribution in [-0.2, 0) is 14.4 Å². The third kappa shape index (κ3) is 6.40. The predicted molar refractivity (Wildman–Crippen MR) is 89.8 cm³/mol. The van der Waals surface area contributed by atoms with Gasteiger partial charge in [-0.15, -0.1) is 0 Å². The van der Waals surface area contributed by atoms with Crippen molar-refractivity contribution < 1.29 is 19.5 Å². The summed E-state index contributed by atoms with van der Waals surface area (Å²) in [4.78, 5) is 36.0. The highest BCUT2D eigenvalue weighted by molar-refractivity contribution is 9.10. The zero-order chi connectivity index (χ0) is 17.6. The molecule has 1 rings (SSSR count). The standard InChI is InChI=1S/C16H21BrN2O4/c1-10(16(22)23)9-19(3)15(21)8-14(18-11(2)20)12-4-6-13(17)7-5-12/h4-7,10,14H,8-9H2,1-3H3,(H,18,20)(H,22,23). The molecule has 126 valence electrons. The van der Waals surface area contributed by atoms with Crippen molar-refractivity contribution in [2.75, 3.05) is 13.6 Å². The lowest BCUT2D eigenvalue weighted by molar-refractivity contribution is -0.142. The van der Waals surface area contributed by atoms with Gasteiger partial charge in [0.25, 0.3) is 0 Å². The number of nitrogens with one attached hydrogen (secondary N) is 1. The maximum Gasteiger partial charge on any atom is 0.308 e. The maximum absolute atomic E-state index is 12.3. The van der Waals surface area contributed by atoms with Gasteiger partial charge in [0.15, 0.2) is 0 Å². The Morgan fingerprint density at radius 3 is 2.30 bits per heavy atom. The molecular weight excluding hydrogens is 364 g/mol. The van der Waals surface area contributed by atoms with Gasteiger partial charge in [0.05, 0.1) is 18.4 Å². The highest BCUT2D eigenvalue weighted by Crippen LogP contribution is 2.20. The van der Waals surface area contributed by atoms with Crippen LogP contribution >= 0.6 is 15.9 Å². The summed E-state index contributed by atoms with van der Waals surface area (Å²) in [6.45, 7) is 3.07. The molecule has 23 heavy (non-hydrogen) atoms. The van der Waals surface area contributed by atoms with Crippen molar-refractivity contribution in [3.8, 4) is 0 Å². The molecule has 0 bridgehead atoms. The fourth-order valence-corrected chi connectivity index (χ4v) is 2.38. The van der Waals surface area contributed by atoms with E-state index in [9.17, 15) is 14.4 Å². The molecule has 0 aliphatic heterocycles. The Kier molecular flexibility index (Phi) is 7.22. The van der Waals surface area contributed by atoms with Gasteiger partial charge in [0.2, 0.25) is 11.8 Å². The molecule has 6 nitrogen and oxygen atoms in total.